The van der Waals surface area contributed by atoms with Gasteiger partial charge in [0.1, 0.15) is 5.69 Å². The van der Waals surface area contributed by atoms with E-state index in [9.17, 15) is 4.39 Å². The molecule has 0 saturated heterocycles. The molecule has 1 aromatic heterocycles. The van der Waals surface area contributed by atoms with Crippen molar-refractivity contribution in [2.24, 2.45) is 10.2 Å². The normalized spacial score (nSPS) is 11.1. The van der Waals surface area contributed by atoms with Gasteiger partial charge in [0.25, 0.3) is 5.88 Å². The zero-order valence-electron chi connectivity index (χ0n) is 8.09. The van der Waals surface area contributed by atoms with E-state index >= 15 is 0 Å². The first-order chi connectivity index (χ1) is 7.68. The molecular formula is C9H8FN5O. The second kappa shape index (κ2) is 3.97. The lowest BCUT2D eigenvalue weighted by Gasteiger charge is -1.93. The summed E-state index contributed by atoms with van der Waals surface area (Å²) in [4.78, 5) is 0. The Morgan fingerprint density at radius 1 is 1.19 bits per heavy atom. The Labute approximate surface area is 89.7 Å². The minimum Gasteiger partial charge on any atom is -0.379 e. The highest BCUT2D eigenvalue weighted by Crippen LogP contribution is 2.30. The van der Waals surface area contributed by atoms with E-state index in [-0.39, 0.29) is 23.1 Å². The first-order valence-electron chi connectivity index (χ1n) is 4.35. The van der Waals surface area contributed by atoms with E-state index < -0.39 is 5.82 Å². The molecule has 16 heavy (non-hydrogen) atoms. The molecule has 0 aliphatic rings. The molecule has 0 amide bonds. The van der Waals surface area contributed by atoms with E-state index in [1.807, 2.05) is 0 Å². The van der Waals surface area contributed by atoms with Gasteiger partial charge in [0.2, 0.25) is 0 Å². The summed E-state index contributed by atoms with van der Waals surface area (Å²) in [5.41, 5.74) is 11.0. The predicted octanol–water partition coefficient (Wildman–Crippen LogP) is 2.39. The van der Waals surface area contributed by atoms with Crippen LogP contribution < -0.4 is 11.5 Å². The van der Waals surface area contributed by atoms with E-state index in [4.69, 9.17) is 11.5 Å². The smallest absolute Gasteiger partial charge is 0.252 e. The molecule has 0 fully saturated rings. The number of nitrogens with two attached hydrogens (primary N) is 2. The van der Waals surface area contributed by atoms with Crippen molar-refractivity contribution >= 4 is 23.1 Å². The van der Waals surface area contributed by atoms with Gasteiger partial charge in [-0.2, -0.15) is 0 Å². The van der Waals surface area contributed by atoms with Gasteiger partial charge in [-0.05, 0) is 12.1 Å². The van der Waals surface area contributed by atoms with Crippen molar-refractivity contribution in [2.75, 3.05) is 11.5 Å². The number of hydrogen-bond donors (Lipinski definition) is 2. The Bertz CT molecular complexity index is 517. The third-order valence-electron chi connectivity index (χ3n) is 1.83. The molecule has 4 N–H and O–H groups in total. The van der Waals surface area contributed by atoms with Crippen LogP contribution in [0.4, 0.5) is 27.5 Å². The van der Waals surface area contributed by atoms with Gasteiger partial charge >= 0.3 is 0 Å². The second-order valence-electron chi connectivity index (χ2n) is 2.93. The average molecular weight is 221 g/mol. The standard InChI is InChI=1S/C9H8FN5O/c10-5-3-1-2-4-6(5)13-14-7-8(11)15-16-9(7)12/h1-4H,12H2,(H2,11,15). The van der Waals surface area contributed by atoms with Crippen molar-refractivity contribution in [3.63, 3.8) is 0 Å². The third-order valence-corrected chi connectivity index (χ3v) is 1.83. The van der Waals surface area contributed by atoms with E-state index in [0.717, 1.165) is 0 Å². The predicted molar refractivity (Wildman–Crippen MR) is 55.9 cm³/mol. The molecule has 0 aliphatic heterocycles. The van der Waals surface area contributed by atoms with Crippen molar-refractivity contribution in [1.29, 1.82) is 0 Å². The summed E-state index contributed by atoms with van der Waals surface area (Å²) in [6.45, 7) is 0. The molecule has 6 nitrogen and oxygen atoms in total. The maximum absolute atomic E-state index is 13.2. The lowest BCUT2D eigenvalue weighted by molar-refractivity contribution is 0.440. The van der Waals surface area contributed by atoms with Crippen LogP contribution in [0.5, 0.6) is 0 Å². The summed E-state index contributed by atoms with van der Waals surface area (Å²) in [5.74, 6) is -0.532. The van der Waals surface area contributed by atoms with E-state index in [1.165, 1.54) is 12.1 Å². The number of azo groups is 1. The average Bonchev–Trinajstić information content (AvgIpc) is 2.58. The molecule has 0 spiro atoms. The first kappa shape index (κ1) is 10.1. The molecule has 82 valence electrons. The Morgan fingerprint density at radius 2 is 1.94 bits per heavy atom. The van der Waals surface area contributed by atoms with Crippen LogP contribution in [-0.4, -0.2) is 5.16 Å². The number of rotatable bonds is 2. The van der Waals surface area contributed by atoms with E-state index in [0.29, 0.717) is 0 Å². The second-order valence-corrected chi connectivity index (χ2v) is 2.93. The van der Waals surface area contributed by atoms with Crippen LogP contribution in [0.25, 0.3) is 0 Å². The molecule has 0 radical (unpaired) electrons. The zero-order valence-corrected chi connectivity index (χ0v) is 8.09. The maximum atomic E-state index is 13.2. The molecule has 1 heterocycles. The zero-order chi connectivity index (χ0) is 11.5. The highest BCUT2D eigenvalue weighted by molar-refractivity contribution is 5.68. The Morgan fingerprint density at radius 3 is 2.56 bits per heavy atom. The minimum atomic E-state index is -0.486. The van der Waals surface area contributed by atoms with Gasteiger partial charge in [-0.25, -0.2) is 4.39 Å². The van der Waals surface area contributed by atoms with E-state index in [2.05, 4.69) is 19.9 Å². The van der Waals surface area contributed by atoms with Crippen LogP contribution in [0.15, 0.2) is 39.0 Å². The molecule has 0 saturated carbocycles. The van der Waals surface area contributed by atoms with Gasteiger partial charge < -0.3 is 16.0 Å². The lowest BCUT2D eigenvalue weighted by atomic mass is 10.3. The number of benzene rings is 1. The molecule has 2 rings (SSSR count). The summed E-state index contributed by atoms with van der Waals surface area (Å²) >= 11 is 0. The molecule has 7 heteroatoms. The number of nitrogens with zero attached hydrogens (tertiary/aromatic N) is 3. The van der Waals surface area contributed by atoms with Gasteiger partial charge in [-0.15, -0.1) is 10.2 Å². The number of halogens is 1. The molecule has 0 bridgehead atoms. The van der Waals surface area contributed by atoms with Crippen molar-refractivity contribution in [1.82, 2.24) is 5.16 Å². The number of anilines is 2. The van der Waals surface area contributed by atoms with Crippen LogP contribution in [0, 0.1) is 5.82 Å². The van der Waals surface area contributed by atoms with E-state index in [1.54, 1.807) is 12.1 Å². The molecule has 0 unspecified atom stereocenters. The highest BCUT2D eigenvalue weighted by atomic mass is 19.1. The van der Waals surface area contributed by atoms with Crippen LogP contribution in [0.2, 0.25) is 0 Å². The molecule has 0 atom stereocenters. The fourth-order valence-electron chi connectivity index (χ4n) is 1.05. The highest BCUT2D eigenvalue weighted by Gasteiger charge is 2.09. The Balaban J connectivity index is 2.32. The molecular weight excluding hydrogens is 213 g/mol. The van der Waals surface area contributed by atoms with Gasteiger partial charge in [0.15, 0.2) is 17.3 Å². The number of aromatic nitrogens is 1. The molecule has 1 aromatic carbocycles. The van der Waals surface area contributed by atoms with Crippen molar-refractivity contribution in [2.45, 2.75) is 0 Å². The van der Waals surface area contributed by atoms with Gasteiger partial charge in [0.05, 0.1) is 0 Å². The fraction of sp³-hybridized carbons (Fsp3) is 0. The van der Waals surface area contributed by atoms with Crippen LogP contribution in [0.3, 0.4) is 0 Å². The molecule has 2 aromatic rings. The summed E-state index contributed by atoms with van der Waals surface area (Å²) in [6.07, 6.45) is 0. The largest absolute Gasteiger partial charge is 0.379 e. The van der Waals surface area contributed by atoms with Gasteiger partial charge in [0, 0.05) is 0 Å². The van der Waals surface area contributed by atoms with Crippen LogP contribution in [-0.2, 0) is 0 Å². The topological polar surface area (TPSA) is 103 Å². The summed E-state index contributed by atoms with van der Waals surface area (Å²) in [7, 11) is 0. The van der Waals surface area contributed by atoms with Crippen LogP contribution >= 0.6 is 0 Å². The quantitative estimate of drug-likeness (QED) is 0.759. The number of nitrogen functional groups attached to an aromatic ring is 2. The third kappa shape index (κ3) is 1.83. The fourth-order valence-corrected chi connectivity index (χ4v) is 1.05. The molecule has 0 aliphatic carbocycles. The van der Waals surface area contributed by atoms with Gasteiger partial charge in [-0.1, -0.05) is 17.3 Å². The summed E-state index contributed by atoms with van der Waals surface area (Å²) in [5, 5.41) is 10.7. The summed E-state index contributed by atoms with van der Waals surface area (Å²) < 4.78 is 17.7. The first-order valence-corrected chi connectivity index (χ1v) is 4.35. The SMILES string of the molecule is Nc1noc(N)c1N=Nc1ccccc1F. The van der Waals surface area contributed by atoms with Crippen molar-refractivity contribution in [3.8, 4) is 0 Å². The summed E-state index contributed by atoms with van der Waals surface area (Å²) in [6, 6.07) is 5.93. The Hall–Kier alpha value is -2.44. The number of hydrogen-bond acceptors (Lipinski definition) is 6. The van der Waals surface area contributed by atoms with Crippen LogP contribution in [0.1, 0.15) is 0 Å². The maximum Gasteiger partial charge on any atom is 0.252 e. The minimum absolute atomic E-state index is 0.0117. The van der Waals surface area contributed by atoms with Gasteiger partial charge in [-0.3, -0.25) is 0 Å². The monoisotopic (exact) mass is 221 g/mol. The van der Waals surface area contributed by atoms with Crippen molar-refractivity contribution in [3.05, 3.63) is 30.1 Å². The Kier molecular flexibility index (Phi) is 2.50. The lowest BCUT2D eigenvalue weighted by Crippen LogP contribution is -1.84. The van der Waals surface area contributed by atoms with Crippen molar-refractivity contribution < 1.29 is 8.91 Å².